The van der Waals surface area contributed by atoms with Crippen LogP contribution < -0.4 is 11.1 Å². The minimum Gasteiger partial charge on any atom is -0.379 e. The maximum Gasteiger partial charge on any atom is 0.224 e. The van der Waals surface area contributed by atoms with Gasteiger partial charge in [-0.3, -0.25) is 9.59 Å². The highest BCUT2D eigenvalue weighted by Gasteiger charge is 2.26. The van der Waals surface area contributed by atoms with E-state index in [0.29, 0.717) is 59.3 Å². The summed E-state index contributed by atoms with van der Waals surface area (Å²) < 4.78 is 16.2. The van der Waals surface area contributed by atoms with Crippen LogP contribution in [0.3, 0.4) is 0 Å². The molecule has 1 saturated heterocycles. The summed E-state index contributed by atoms with van der Waals surface area (Å²) in [5.74, 6) is -0.0109. The van der Waals surface area contributed by atoms with Crippen molar-refractivity contribution in [1.29, 1.82) is 0 Å². The van der Waals surface area contributed by atoms with Gasteiger partial charge in [0.25, 0.3) is 0 Å². The van der Waals surface area contributed by atoms with E-state index in [1.165, 1.54) is 0 Å². The number of ether oxygens (including phenoxy) is 3. The number of nitrogens with one attached hydrogen (secondary N) is 1. The lowest BCUT2D eigenvalue weighted by Crippen LogP contribution is -2.44. The number of carbonyl (C=O) groups is 2. The number of hydrogen-bond donors (Lipinski definition) is 2. The Balaban J connectivity index is 1.89. The molecule has 152 valence electrons. The van der Waals surface area contributed by atoms with Crippen molar-refractivity contribution in [2.75, 3.05) is 65.8 Å². The zero-order valence-corrected chi connectivity index (χ0v) is 16.0. The molecule has 1 heterocycles. The van der Waals surface area contributed by atoms with E-state index in [2.05, 4.69) is 5.32 Å². The lowest BCUT2D eigenvalue weighted by molar-refractivity contribution is -0.133. The second-order valence-electron chi connectivity index (χ2n) is 6.43. The van der Waals surface area contributed by atoms with Crippen molar-refractivity contribution < 1.29 is 23.8 Å². The molecule has 1 aliphatic rings. The third-order valence-corrected chi connectivity index (χ3v) is 4.24. The molecule has 1 fully saturated rings. The van der Waals surface area contributed by atoms with Gasteiger partial charge in [-0.1, -0.05) is 0 Å². The average Bonchev–Trinajstić information content (AvgIpc) is 2.65. The van der Waals surface area contributed by atoms with Gasteiger partial charge in [0.1, 0.15) is 0 Å². The molecule has 0 radical (unpaired) electrons. The van der Waals surface area contributed by atoms with Crippen LogP contribution in [-0.2, 0) is 23.8 Å². The van der Waals surface area contributed by atoms with E-state index in [-0.39, 0.29) is 17.7 Å². The molecule has 2 amide bonds. The summed E-state index contributed by atoms with van der Waals surface area (Å²) in [5.41, 5.74) is 5.36. The summed E-state index contributed by atoms with van der Waals surface area (Å²) in [5, 5.41) is 2.93. The van der Waals surface area contributed by atoms with Crippen molar-refractivity contribution in [3.8, 4) is 0 Å². The first-order chi connectivity index (χ1) is 12.6. The lowest BCUT2D eigenvalue weighted by atomic mass is 9.97. The predicted molar refractivity (Wildman–Crippen MR) is 98.7 cm³/mol. The van der Waals surface area contributed by atoms with Crippen LogP contribution in [0.25, 0.3) is 0 Å². The maximum absolute atomic E-state index is 12.1. The zero-order valence-electron chi connectivity index (χ0n) is 16.0. The molecular formula is C18H35N3O5. The van der Waals surface area contributed by atoms with Crippen molar-refractivity contribution in [2.24, 2.45) is 11.7 Å². The van der Waals surface area contributed by atoms with E-state index in [1.807, 2.05) is 0 Å². The Morgan fingerprint density at radius 3 is 2.27 bits per heavy atom. The summed E-state index contributed by atoms with van der Waals surface area (Å²) in [6, 6.07) is 0. The van der Waals surface area contributed by atoms with Crippen molar-refractivity contribution >= 4 is 11.8 Å². The molecule has 0 aromatic carbocycles. The van der Waals surface area contributed by atoms with Gasteiger partial charge in [-0.25, -0.2) is 0 Å². The lowest BCUT2D eigenvalue weighted by Gasteiger charge is -2.31. The fourth-order valence-electron chi connectivity index (χ4n) is 2.73. The number of hydrogen-bond acceptors (Lipinski definition) is 6. The van der Waals surface area contributed by atoms with Crippen LogP contribution in [0.1, 0.15) is 32.6 Å². The van der Waals surface area contributed by atoms with Gasteiger partial charge < -0.3 is 30.2 Å². The van der Waals surface area contributed by atoms with E-state index in [0.717, 1.165) is 32.2 Å². The number of nitrogens with two attached hydrogens (primary N) is 1. The molecule has 1 aliphatic heterocycles. The molecule has 0 spiro atoms. The standard InChI is InChI=1S/C18H35N3O5/c1-16(22)21-8-2-5-17(15-21)18(23)20-7-4-10-25-12-14-26-13-11-24-9-3-6-19/h17H,2-15,19H2,1H3,(H,20,23). The zero-order chi connectivity index (χ0) is 19.0. The molecule has 0 saturated carbocycles. The molecule has 0 aromatic heterocycles. The Morgan fingerprint density at radius 2 is 1.65 bits per heavy atom. The summed E-state index contributed by atoms with van der Waals surface area (Å²) in [6.07, 6.45) is 3.37. The Morgan fingerprint density at radius 1 is 1.04 bits per heavy atom. The fourth-order valence-corrected chi connectivity index (χ4v) is 2.73. The Labute approximate surface area is 156 Å². The predicted octanol–water partition coefficient (Wildman–Crippen LogP) is 0.150. The smallest absolute Gasteiger partial charge is 0.224 e. The Kier molecular flexibility index (Phi) is 13.1. The number of rotatable bonds is 14. The molecule has 0 aliphatic carbocycles. The summed E-state index contributed by atoms with van der Waals surface area (Å²) >= 11 is 0. The third kappa shape index (κ3) is 10.7. The first kappa shape index (κ1) is 22.8. The third-order valence-electron chi connectivity index (χ3n) is 4.24. The van der Waals surface area contributed by atoms with Gasteiger partial charge >= 0.3 is 0 Å². The molecule has 0 bridgehead atoms. The van der Waals surface area contributed by atoms with Gasteiger partial charge in [0.2, 0.25) is 11.8 Å². The van der Waals surface area contributed by atoms with E-state index < -0.39 is 0 Å². The Hall–Kier alpha value is -1.22. The number of nitrogens with zero attached hydrogens (tertiary/aromatic N) is 1. The second kappa shape index (κ2) is 14.9. The van der Waals surface area contributed by atoms with Crippen LogP contribution in [0.15, 0.2) is 0 Å². The molecule has 26 heavy (non-hydrogen) atoms. The molecule has 1 unspecified atom stereocenters. The summed E-state index contributed by atoms with van der Waals surface area (Å²) in [4.78, 5) is 25.3. The molecule has 3 N–H and O–H groups in total. The minimum absolute atomic E-state index is 0.0360. The first-order valence-electron chi connectivity index (χ1n) is 9.61. The quantitative estimate of drug-likeness (QED) is 0.420. The maximum atomic E-state index is 12.1. The minimum atomic E-state index is -0.0889. The van der Waals surface area contributed by atoms with Crippen molar-refractivity contribution in [3.05, 3.63) is 0 Å². The van der Waals surface area contributed by atoms with Gasteiger partial charge in [0, 0.05) is 39.8 Å². The van der Waals surface area contributed by atoms with Gasteiger partial charge in [-0.15, -0.1) is 0 Å². The van der Waals surface area contributed by atoms with Crippen LogP contribution in [0.2, 0.25) is 0 Å². The average molecular weight is 373 g/mol. The van der Waals surface area contributed by atoms with E-state index >= 15 is 0 Å². The van der Waals surface area contributed by atoms with Crippen LogP contribution in [0.4, 0.5) is 0 Å². The Bertz CT molecular complexity index is 395. The summed E-state index contributed by atoms with van der Waals surface area (Å²) in [6.45, 7) is 7.55. The molecule has 1 rings (SSSR count). The number of carbonyl (C=O) groups excluding carboxylic acids is 2. The fraction of sp³-hybridized carbons (Fsp3) is 0.889. The largest absolute Gasteiger partial charge is 0.379 e. The van der Waals surface area contributed by atoms with Crippen molar-refractivity contribution in [1.82, 2.24) is 10.2 Å². The van der Waals surface area contributed by atoms with Crippen molar-refractivity contribution in [2.45, 2.75) is 32.6 Å². The highest BCUT2D eigenvalue weighted by Crippen LogP contribution is 2.16. The molecular weight excluding hydrogens is 338 g/mol. The highest BCUT2D eigenvalue weighted by molar-refractivity contribution is 5.80. The van der Waals surface area contributed by atoms with Crippen LogP contribution in [0, 0.1) is 5.92 Å². The van der Waals surface area contributed by atoms with E-state index in [4.69, 9.17) is 19.9 Å². The van der Waals surface area contributed by atoms with Gasteiger partial charge in [0.05, 0.1) is 32.3 Å². The molecule has 8 heteroatoms. The summed E-state index contributed by atoms with van der Waals surface area (Å²) in [7, 11) is 0. The highest BCUT2D eigenvalue weighted by atomic mass is 16.5. The second-order valence-corrected chi connectivity index (χ2v) is 6.43. The van der Waals surface area contributed by atoms with E-state index in [1.54, 1.807) is 11.8 Å². The first-order valence-corrected chi connectivity index (χ1v) is 9.61. The number of amides is 2. The molecule has 8 nitrogen and oxygen atoms in total. The van der Waals surface area contributed by atoms with Crippen molar-refractivity contribution in [3.63, 3.8) is 0 Å². The molecule has 1 atom stereocenters. The van der Waals surface area contributed by atoms with Crippen LogP contribution in [0.5, 0.6) is 0 Å². The van der Waals surface area contributed by atoms with Crippen LogP contribution in [-0.4, -0.2) is 82.5 Å². The van der Waals surface area contributed by atoms with E-state index in [9.17, 15) is 9.59 Å². The number of likely N-dealkylation sites (tertiary alicyclic amines) is 1. The SMILES string of the molecule is CC(=O)N1CCCC(C(=O)NCCCOCCOCCOCCCN)C1. The number of piperidine rings is 1. The monoisotopic (exact) mass is 373 g/mol. The van der Waals surface area contributed by atoms with Gasteiger partial charge in [0.15, 0.2) is 0 Å². The van der Waals surface area contributed by atoms with Gasteiger partial charge in [-0.2, -0.15) is 0 Å². The topological polar surface area (TPSA) is 103 Å². The molecule has 0 aromatic rings. The normalized spacial score (nSPS) is 17.3. The van der Waals surface area contributed by atoms with Crippen LogP contribution >= 0.6 is 0 Å². The van der Waals surface area contributed by atoms with Gasteiger partial charge in [-0.05, 0) is 32.2 Å².